The largest absolute Gasteiger partial charge is 0.469 e. The molecule has 0 unspecified atom stereocenters. The lowest BCUT2D eigenvalue weighted by molar-refractivity contribution is -0.140. The zero-order valence-corrected chi connectivity index (χ0v) is 15.2. The fourth-order valence-corrected chi connectivity index (χ4v) is 3.17. The molecule has 0 atom stereocenters. The molecule has 2 saturated heterocycles. The Hall–Kier alpha value is -1.83. The second kappa shape index (κ2) is 10.2. The van der Waals surface area contributed by atoms with Crippen LogP contribution in [0.4, 0.5) is 4.79 Å². The van der Waals surface area contributed by atoms with Crippen molar-refractivity contribution in [2.45, 2.75) is 32.1 Å². The summed E-state index contributed by atoms with van der Waals surface area (Å²) < 4.78 is 4.58. The second-order valence-electron chi connectivity index (χ2n) is 6.62. The minimum absolute atomic E-state index is 0.0661. The smallest absolute Gasteiger partial charge is 0.317 e. The molecule has 0 spiro atoms. The second-order valence-corrected chi connectivity index (χ2v) is 6.62. The molecule has 2 heterocycles. The summed E-state index contributed by atoms with van der Waals surface area (Å²) in [5, 5.41) is 2.89. The number of esters is 1. The number of amides is 3. The quantitative estimate of drug-likeness (QED) is 0.525. The van der Waals surface area contributed by atoms with Crippen LogP contribution in [0.5, 0.6) is 0 Å². The molecule has 0 aromatic rings. The Bertz CT molecular complexity index is 458. The summed E-state index contributed by atoms with van der Waals surface area (Å²) in [7, 11) is 1.38. The van der Waals surface area contributed by atoms with Gasteiger partial charge in [-0.05, 0) is 25.7 Å². The van der Waals surface area contributed by atoms with Gasteiger partial charge in [0.25, 0.3) is 0 Å². The van der Waals surface area contributed by atoms with Gasteiger partial charge < -0.3 is 19.9 Å². The number of methoxy groups -OCH3 is 1. The normalized spacial score (nSPS) is 18.3. The van der Waals surface area contributed by atoms with Gasteiger partial charge in [-0.15, -0.1) is 0 Å². The first kappa shape index (κ1) is 19.5. The van der Waals surface area contributed by atoms with Gasteiger partial charge in [-0.3, -0.25) is 14.5 Å². The van der Waals surface area contributed by atoms with Crippen LogP contribution in [-0.2, 0) is 14.3 Å². The van der Waals surface area contributed by atoms with E-state index in [1.807, 2.05) is 4.90 Å². The molecule has 142 valence electrons. The first-order chi connectivity index (χ1) is 12.1. The molecule has 0 radical (unpaired) electrons. The minimum atomic E-state index is -0.217. The highest BCUT2D eigenvalue weighted by Gasteiger charge is 2.25. The van der Waals surface area contributed by atoms with E-state index < -0.39 is 0 Å². The summed E-state index contributed by atoms with van der Waals surface area (Å²) in [5.41, 5.74) is 0. The molecule has 2 aliphatic rings. The van der Waals surface area contributed by atoms with E-state index in [0.717, 1.165) is 45.4 Å². The van der Waals surface area contributed by atoms with E-state index in [4.69, 9.17) is 0 Å². The van der Waals surface area contributed by atoms with E-state index >= 15 is 0 Å². The number of ether oxygens (including phenoxy) is 1. The average molecular weight is 354 g/mol. The van der Waals surface area contributed by atoms with Crippen LogP contribution in [-0.4, -0.2) is 92.1 Å². The van der Waals surface area contributed by atoms with Crippen LogP contribution in [0.1, 0.15) is 32.1 Å². The van der Waals surface area contributed by atoms with Crippen molar-refractivity contribution in [1.29, 1.82) is 0 Å². The monoisotopic (exact) mass is 354 g/mol. The van der Waals surface area contributed by atoms with Crippen LogP contribution in [0.25, 0.3) is 0 Å². The minimum Gasteiger partial charge on any atom is -0.469 e. The number of urea groups is 1. The Morgan fingerprint density at radius 3 is 2.24 bits per heavy atom. The Morgan fingerprint density at radius 1 is 0.920 bits per heavy atom. The summed E-state index contributed by atoms with van der Waals surface area (Å²) in [4.78, 5) is 41.1. The molecule has 0 aliphatic carbocycles. The molecule has 2 aliphatic heterocycles. The summed E-state index contributed by atoms with van der Waals surface area (Å²) in [5.74, 6) is -0.00747. The first-order valence-corrected chi connectivity index (χ1v) is 9.20. The van der Waals surface area contributed by atoms with Crippen LogP contribution >= 0.6 is 0 Å². The number of hydrogen-bond donors (Lipinski definition) is 1. The molecular weight excluding hydrogens is 324 g/mol. The van der Waals surface area contributed by atoms with Gasteiger partial charge in [-0.1, -0.05) is 0 Å². The molecular formula is C17H30N4O4. The molecule has 0 bridgehead atoms. The first-order valence-electron chi connectivity index (χ1n) is 9.20. The van der Waals surface area contributed by atoms with E-state index in [2.05, 4.69) is 15.0 Å². The maximum absolute atomic E-state index is 12.2. The molecule has 3 amide bonds. The predicted molar refractivity (Wildman–Crippen MR) is 93.1 cm³/mol. The predicted octanol–water partition coefficient (Wildman–Crippen LogP) is 0.279. The zero-order chi connectivity index (χ0) is 18.1. The lowest BCUT2D eigenvalue weighted by atomic mass is 10.2. The van der Waals surface area contributed by atoms with Crippen molar-refractivity contribution in [3.05, 3.63) is 0 Å². The van der Waals surface area contributed by atoms with Crippen molar-refractivity contribution >= 4 is 17.9 Å². The number of nitrogens with zero attached hydrogens (tertiary/aromatic N) is 3. The molecule has 8 heteroatoms. The van der Waals surface area contributed by atoms with E-state index in [-0.39, 0.29) is 17.9 Å². The Kier molecular flexibility index (Phi) is 7.97. The van der Waals surface area contributed by atoms with Crippen LogP contribution in [0.2, 0.25) is 0 Å². The van der Waals surface area contributed by atoms with Crippen molar-refractivity contribution in [3.63, 3.8) is 0 Å². The fourth-order valence-electron chi connectivity index (χ4n) is 3.17. The standard InChI is InChI=1S/C17H30N4O4/c1-25-16(23)6-2-3-7-18-17(24)21-12-10-19(11-13-21)14-15(22)20-8-4-5-9-20/h2-14H2,1H3,(H,18,24). The number of unbranched alkanes of at least 4 members (excludes halogenated alkanes) is 1. The van der Waals surface area contributed by atoms with Gasteiger partial charge in [0.1, 0.15) is 0 Å². The number of carbonyl (C=O) groups is 3. The highest BCUT2D eigenvalue weighted by atomic mass is 16.5. The van der Waals surface area contributed by atoms with Crippen molar-refractivity contribution in [2.75, 3.05) is 59.5 Å². The van der Waals surface area contributed by atoms with E-state index in [1.54, 1.807) is 4.90 Å². The van der Waals surface area contributed by atoms with Gasteiger partial charge in [-0.25, -0.2) is 4.79 Å². The molecule has 2 fully saturated rings. The summed E-state index contributed by atoms with van der Waals surface area (Å²) >= 11 is 0. The maximum atomic E-state index is 12.2. The fraction of sp³-hybridized carbons (Fsp3) is 0.824. The third kappa shape index (κ3) is 6.53. The summed E-state index contributed by atoms with van der Waals surface area (Å²) in [6.45, 7) is 5.54. The van der Waals surface area contributed by atoms with Crippen LogP contribution in [0.3, 0.4) is 0 Å². The number of piperazine rings is 1. The summed E-state index contributed by atoms with van der Waals surface area (Å²) in [6, 6.07) is -0.0661. The van der Waals surface area contributed by atoms with Crippen molar-refractivity contribution in [3.8, 4) is 0 Å². The average Bonchev–Trinajstić information content (AvgIpc) is 3.16. The van der Waals surface area contributed by atoms with Gasteiger partial charge >= 0.3 is 12.0 Å². The van der Waals surface area contributed by atoms with Gasteiger partial charge in [0, 0.05) is 52.2 Å². The number of rotatable bonds is 7. The van der Waals surface area contributed by atoms with Gasteiger partial charge in [0.15, 0.2) is 0 Å². The van der Waals surface area contributed by atoms with Crippen LogP contribution in [0, 0.1) is 0 Å². The van der Waals surface area contributed by atoms with Gasteiger partial charge in [-0.2, -0.15) is 0 Å². The Labute approximate surface area is 149 Å². The van der Waals surface area contributed by atoms with E-state index in [1.165, 1.54) is 7.11 Å². The molecule has 2 rings (SSSR count). The zero-order valence-electron chi connectivity index (χ0n) is 15.2. The SMILES string of the molecule is COC(=O)CCCCNC(=O)N1CCN(CC(=O)N2CCCC2)CC1. The van der Waals surface area contributed by atoms with Crippen molar-refractivity contribution in [1.82, 2.24) is 20.0 Å². The van der Waals surface area contributed by atoms with Crippen molar-refractivity contribution in [2.24, 2.45) is 0 Å². The molecule has 0 aromatic heterocycles. The highest BCUT2D eigenvalue weighted by molar-refractivity contribution is 5.78. The van der Waals surface area contributed by atoms with Gasteiger partial charge in [0.2, 0.25) is 5.91 Å². The lowest BCUT2D eigenvalue weighted by Gasteiger charge is -2.35. The Morgan fingerprint density at radius 2 is 1.60 bits per heavy atom. The third-order valence-electron chi connectivity index (χ3n) is 4.79. The third-order valence-corrected chi connectivity index (χ3v) is 4.79. The lowest BCUT2D eigenvalue weighted by Crippen LogP contribution is -2.53. The van der Waals surface area contributed by atoms with Gasteiger partial charge in [0.05, 0.1) is 13.7 Å². The van der Waals surface area contributed by atoms with Crippen LogP contribution in [0.15, 0.2) is 0 Å². The topological polar surface area (TPSA) is 82.2 Å². The van der Waals surface area contributed by atoms with E-state index in [0.29, 0.717) is 39.0 Å². The van der Waals surface area contributed by atoms with Crippen LogP contribution < -0.4 is 5.32 Å². The van der Waals surface area contributed by atoms with Crippen molar-refractivity contribution < 1.29 is 19.1 Å². The van der Waals surface area contributed by atoms with E-state index in [9.17, 15) is 14.4 Å². The number of likely N-dealkylation sites (tertiary alicyclic amines) is 1. The molecule has 0 saturated carbocycles. The summed E-state index contributed by atoms with van der Waals surface area (Å²) in [6.07, 6.45) is 4.07. The number of hydrogen-bond acceptors (Lipinski definition) is 5. The maximum Gasteiger partial charge on any atom is 0.317 e. The highest BCUT2D eigenvalue weighted by Crippen LogP contribution is 2.09. The molecule has 0 aromatic carbocycles. The number of nitrogens with one attached hydrogen (secondary N) is 1. The molecule has 25 heavy (non-hydrogen) atoms. The molecule has 1 N–H and O–H groups in total. The Balaban J connectivity index is 1.56. The number of carbonyl (C=O) groups excluding carboxylic acids is 3. The molecule has 8 nitrogen and oxygen atoms in total.